The van der Waals surface area contributed by atoms with Gasteiger partial charge in [0.05, 0.1) is 25.2 Å². The van der Waals surface area contributed by atoms with Gasteiger partial charge in [-0.25, -0.2) is 4.79 Å². The first-order valence-corrected chi connectivity index (χ1v) is 10.1. The number of unbranched alkanes of at least 4 members (excludes halogenated alkanes) is 2. The number of carbonyl (C=O) groups is 2. The van der Waals surface area contributed by atoms with Gasteiger partial charge >= 0.3 is 11.9 Å². The first kappa shape index (κ1) is 23.7. The Morgan fingerprint density at radius 2 is 1.61 bits per heavy atom. The van der Waals surface area contributed by atoms with Crippen LogP contribution >= 0.6 is 0 Å². The zero-order valence-electron chi connectivity index (χ0n) is 17.7. The lowest BCUT2D eigenvalue weighted by atomic mass is 9.91. The molecule has 0 bridgehead atoms. The summed E-state index contributed by atoms with van der Waals surface area (Å²) in [5.41, 5.74) is 0.420. The molecule has 0 aromatic heterocycles. The third-order valence-electron chi connectivity index (χ3n) is 4.51. The van der Waals surface area contributed by atoms with Crippen LogP contribution in [0.1, 0.15) is 65.4 Å². The average molecular weight is 391 g/mol. The van der Waals surface area contributed by atoms with E-state index in [0.717, 1.165) is 30.8 Å². The molecule has 0 saturated carbocycles. The predicted molar refractivity (Wildman–Crippen MR) is 111 cm³/mol. The zero-order chi connectivity index (χ0) is 20.8. The summed E-state index contributed by atoms with van der Waals surface area (Å²) in [5.74, 6) is 0.191. The number of rotatable bonds is 13. The second-order valence-corrected chi connectivity index (χ2v) is 7.35. The monoisotopic (exact) mass is 390 g/mol. The molecule has 0 amide bonds. The summed E-state index contributed by atoms with van der Waals surface area (Å²) >= 11 is 0. The molecule has 0 fully saturated rings. The number of carbonyl (C=O) groups excluding carboxylic acids is 2. The maximum atomic E-state index is 11.8. The van der Waals surface area contributed by atoms with Gasteiger partial charge in [0.2, 0.25) is 0 Å². The van der Waals surface area contributed by atoms with E-state index in [4.69, 9.17) is 14.2 Å². The first-order chi connectivity index (χ1) is 13.4. The fourth-order valence-corrected chi connectivity index (χ4v) is 2.17. The Kier molecular flexibility index (Phi) is 11.0. The van der Waals surface area contributed by atoms with E-state index < -0.39 is 11.4 Å². The van der Waals surface area contributed by atoms with Crippen LogP contribution in [0, 0.1) is 5.41 Å². The third-order valence-corrected chi connectivity index (χ3v) is 4.51. The summed E-state index contributed by atoms with van der Waals surface area (Å²) in [5, 5.41) is 0. The minimum absolute atomic E-state index is 0.216. The molecule has 0 N–H and O–H groups in total. The van der Waals surface area contributed by atoms with Crippen molar-refractivity contribution in [1.82, 2.24) is 0 Å². The van der Waals surface area contributed by atoms with Crippen LogP contribution in [0.4, 0.5) is 0 Å². The number of benzene rings is 1. The molecule has 0 atom stereocenters. The van der Waals surface area contributed by atoms with Crippen molar-refractivity contribution in [2.45, 2.75) is 59.8 Å². The number of hydrogen-bond acceptors (Lipinski definition) is 5. The van der Waals surface area contributed by atoms with E-state index >= 15 is 0 Å². The highest BCUT2D eigenvalue weighted by Crippen LogP contribution is 2.21. The fourth-order valence-electron chi connectivity index (χ4n) is 2.17. The molecule has 0 aliphatic carbocycles. The topological polar surface area (TPSA) is 61.8 Å². The minimum atomic E-state index is -0.477. The molecule has 0 aliphatic rings. The van der Waals surface area contributed by atoms with Crippen LogP contribution in [0.15, 0.2) is 30.3 Å². The van der Waals surface area contributed by atoms with Gasteiger partial charge < -0.3 is 14.2 Å². The molecule has 1 aromatic carbocycles. The number of ether oxygens (including phenoxy) is 3. The van der Waals surface area contributed by atoms with Crippen molar-refractivity contribution >= 4 is 18.0 Å². The van der Waals surface area contributed by atoms with Crippen LogP contribution in [0.2, 0.25) is 0 Å². The van der Waals surface area contributed by atoms with Crippen LogP contribution < -0.4 is 4.74 Å². The lowest BCUT2D eigenvalue weighted by molar-refractivity contribution is -0.154. The van der Waals surface area contributed by atoms with Gasteiger partial charge in [0.15, 0.2) is 0 Å². The van der Waals surface area contributed by atoms with Gasteiger partial charge in [0, 0.05) is 12.5 Å². The molecule has 0 saturated heterocycles. The second kappa shape index (κ2) is 13.0. The van der Waals surface area contributed by atoms with E-state index in [1.807, 2.05) is 45.0 Å². The number of esters is 2. The molecule has 0 spiro atoms. The van der Waals surface area contributed by atoms with E-state index in [0.29, 0.717) is 6.42 Å². The van der Waals surface area contributed by atoms with Gasteiger partial charge in [-0.1, -0.05) is 38.8 Å². The lowest BCUT2D eigenvalue weighted by Gasteiger charge is -2.20. The molecular formula is C23H34O5. The maximum absolute atomic E-state index is 11.8. The largest absolute Gasteiger partial charge is 0.494 e. The molecule has 156 valence electrons. The highest BCUT2D eigenvalue weighted by atomic mass is 16.5. The highest BCUT2D eigenvalue weighted by Gasteiger charge is 2.26. The molecular weight excluding hydrogens is 356 g/mol. The quantitative estimate of drug-likeness (QED) is 0.264. The standard InChI is InChI=1S/C23H34O5/c1-5-7-8-16-26-20-13-10-19(11-14-20)12-15-21(24)27-17-9-18-28-22(25)23(3,4)6-2/h10-15H,5-9,16-18H2,1-4H3/b15-12+. The van der Waals surface area contributed by atoms with Crippen molar-refractivity contribution < 1.29 is 23.8 Å². The predicted octanol–water partition coefficient (Wildman–Crippen LogP) is 5.18. The molecule has 5 heteroatoms. The van der Waals surface area contributed by atoms with Crippen LogP contribution in [0.5, 0.6) is 5.75 Å². The van der Waals surface area contributed by atoms with Crippen molar-refractivity contribution in [3.05, 3.63) is 35.9 Å². The van der Waals surface area contributed by atoms with Gasteiger partial charge in [-0.2, -0.15) is 0 Å². The Balaban J connectivity index is 2.24. The van der Waals surface area contributed by atoms with E-state index in [-0.39, 0.29) is 19.2 Å². The number of hydrogen-bond donors (Lipinski definition) is 0. The van der Waals surface area contributed by atoms with Crippen LogP contribution in [0.25, 0.3) is 6.08 Å². The normalized spacial score (nSPS) is 11.4. The maximum Gasteiger partial charge on any atom is 0.330 e. The fraction of sp³-hybridized carbons (Fsp3) is 0.565. The smallest absolute Gasteiger partial charge is 0.330 e. The molecule has 1 aromatic rings. The first-order valence-electron chi connectivity index (χ1n) is 10.1. The van der Waals surface area contributed by atoms with Crippen LogP contribution in [-0.4, -0.2) is 31.8 Å². The Morgan fingerprint density at radius 1 is 0.929 bits per heavy atom. The second-order valence-electron chi connectivity index (χ2n) is 7.35. The van der Waals surface area contributed by atoms with Crippen molar-refractivity contribution in [2.75, 3.05) is 19.8 Å². The van der Waals surface area contributed by atoms with Gasteiger partial charge in [-0.05, 0) is 50.5 Å². The van der Waals surface area contributed by atoms with Crippen molar-refractivity contribution in [3.8, 4) is 5.75 Å². The van der Waals surface area contributed by atoms with Gasteiger partial charge in [-0.3, -0.25) is 4.79 Å². The Hall–Kier alpha value is -2.30. The van der Waals surface area contributed by atoms with Crippen LogP contribution in [-0.2, 0) is 19.1 Å². The summed E-state index contributed by atoms with van der Waals surface area (Å²) < 4.78 is 16.0. The molecule has 0 heterocycles. The molecule has 1 rings (SSSR count). The zero-order valence-corrected chi connectivity index (χ0v) is 17.7. The van der Waals surface area contributed by atoms with Crippen molar-refractivity contribution in [2.24, 2.45) is 5.41 Å². The van der Waals surface area contributed by atoms with Gasteiger partial charge in [0.1, 0.15) is 5.75 Å². The van der Waals surface area contributed by atoms with Crippen LogP contribution in [0.3, 0.4) is 0 Å². The summed E-state index contributed by atoms with van der Waals surface area (Å²) in [6.45, 7) is 9.00. The molecule has 5 nitrogen and oxygen atoms in total. The van der Waals surface area contributed by atoms with E-state index in [1.165, 1.54) is 18.9 Å². The molecule has 28 heavy (non-hydrogen) atoms. The summed E-state index contributed by atoms with van der Waals surface area (Å²) in [7, 11) is 0. The summed E-state index contributed by atoms with van der Waals surface area (Å²) in [6, 6.07) is 7.58. The third kappa shape index (κ3) is 9.58. The summed E-state index contributed by atoms with van der Waals surface area (Å²) in [4.78, 5) is 23.6. The summed E-state index contributed by atoms with van der Waals surface area (Å²) in [6.07, 6.45) is 7.69. The molecule has 0 aliphatic heterocycles. The lowest BCUT2D eigenvalue weighted by Crippen LogP contribution is -2.26. The van der Waals surface area contributed by atoms with Crippen molar-refractivity contribution in [3.63, 3.8) is 0 Å². The molecule has 0 unspecified atom stereocenters. The minimum Gasteiger partial charge on any atom is -0.494 e. The van der Waals surface area contributed by atoms with Gasteiger partial charge in [0.25, 0.3) is 0 Å². The Morgan fingerprint density at radius 3 is 2.25 bits per heavy atom. The average Bonchev–Trinajstić information content (AvgIpc) is 2.70. The Bertz CT molecular complexity index is 616. The van der Waals surface area contributed by atoms with Crippen molar-refractivity contribution in [1.29, 1.82) is 0 Å². The van der Waals surface area contributed by atoms with Gasteiger partial charge in [-0.15, -0.1) is 0 Å². The molecule has 0 radical (unpaired) electrons. The highest BCUT2D eigenvalue weighted by molar-refractivity contribution is 5.87. The van der Waals surface area contributed by atoms with E-state index in [2.05, 4.69) is 6.92 Å². The van der Waals surface area contributed by atoms with E-state index in [1.54, 1.807) is 6.08 Å². The van der Waals surface area contributed by atoms with E-state index in [9.17, 15) is 9.59 Å². The Labute approximate surface area is 169 Å². The SMILES string of the molecule is CCCCCOc1ccc(/C=C/C(=O)OCCCOC(=O)C(C)(C)CC)cc1.